The fourth-order valence-corrected chi connectivity index (χ4v) is 1.61. The van der Waals surface area contributed by atoms with E-state index >= 15 is 0 Å². The summed E-state index contributed by atoms with van der Waals surface area (Å²) >= 11 is 6.73. The highest BCUT2D eigenvalue weighted by Crippen LogP contribution is 2.22. The number of nitriles is 1. The van der Waals surface area contributed by atoms with Crippen molar-refractivity contribution in [1.29, 1.82) is 5.26 Å². The SMILES string of the molecule is CC(Br)(C#N)Cc1ccc(Br)cc1. The zero-order chi connectivity index (χ0) is 9.90. The van der Waals surface area contributed by atoms with Crippen molar-refractivity contribution in [3.8, 4) is 6.07 Å². The minimum atomic E-state index is -0.458. The molecular weight excluding hydrogens is 294 g/mol. The van der Waals surface area contributed by atoms with Gasteiger partial charge in [-0.2, -0.15) is 5.26 Å². The smallest absolute Gasteiger partial charge is 0.113 e. The molecule has 0 heterocycles. The van der Waals surface area contributed by atoms with E-state index in [1.807, 2.05) is 31.2 Å². The first kappa shape index (κ1) is 10.7. The molecular formula is C10H9Br2N. The first-order valence-electron chi connectivity index (χ1n) is 3.88. The van der Waals surface area contributed by atoms with E-state index in [-0.39, 0.29) is 0 Å². The topological polar surface area (TPSA) is 23.8 Å². The number of benzene rings is 1. The molecule has 0 aliphatic heterocycles. The van der Waals surface area contributed by atoms with Crippen LogP contribution in [0.5, 0.6) is 0 Å². The average molecular weight is 303 g/mol. The summed E-state index contributed by atoms with van der Waals surface area (Å²) in [6.45, 7) is 1.87. The summed E-state index contributed by atoms with van der Waals surface area (Å²) in [6, 6.07) is 10.2. The van der Waals surface area contributed by atoms with Crippen LogP contribution in [-0.2, 0) is 6.42 Å². The van der Waals surface area contributed by atoms with Gasteiger partial charge in [0.05, 0.1) is 6.07 Å². The zero-order valence-corrected chi connectivity index (χ0v) is 10.4. The Hall–Kier alpha value is -0.330. The summed E-state index contributed by atoms with van der Waals surface area (Å²) in [7, 11) is 0. The molecule has 0 N–H and O–H groups in total. The van der Waals surface area contributed by atoms with Gasteiger partial charge in [-0.15, -0.1) is 0 Å². The third-order valence-electron chi connectivity index (χ3n) is 1.68. The molecule has 1 aromatic rings. The predicted molar refractivity (Wildman–Crippen MR) is 60.8 cm³/mol. The van der Waals surface area contributed by atoms with Crippen LogP contribution in [0.15, 0.2) is 28.7 Å². The minimum absolute atomic E-state index is 0.458. The Labute approximate surface area is 95.0 Å². The van der Waals surface area contributed by atoms with E-state index < -0.39 is 4.32 Å². The number of hydrogen-bond donors (Lipinski definition) is 0. The van der Waals surface area contributed by atoms with Crippen LogP contribution < -0.4 is 0 Å². The van der Waals surface area contributed by atoms with Gasteiger partial charge in [-0.3, -0.25) is 0 Å². The van der Waals surface area contributed by atoms with Gasteiger partial charge < -0.3 is 0 Å². The Morgan fingerprint density at radius 1 is 1.38 bits per heavy atom. The van der Waals surface area contributed by atoms with Gasteiger partial charge in [-0.05, 0) is 24.6 Å². The van der Waals surface area contributed by atoms with Crippen LogP contribution in [0.25, 0.3) is 0 Å². The number of nitrogens with zero attached hydrogens (tertiary/aromatic N) is 1. The zero-order valence-electron chi connectivity index (χ0n) is 7.22. The number of hydrogen-bond acceptors (Lipinski definition) is 1. The van der Waals surface area contributed by atoms with Crippen LogP contribution in [0.1, 0.15) is 12.5 Å². The van der Waals surface area contributed by atoms with E-state index in [9.17, 15) is 0 Å². The highest BCUT2D eigenvalue weighted by Gasteiger charge is 2.19. The molecule has 0 saturated heterocycles. The van der Waals surface area contributed by atoms with Crippen molar-refractivity contribution in [3.05, 3.63) is 34.3 Å². The number of alkyl halides is 1. The maximum atomic E-state index is 8.80. The van der Waals surface area contributed by atoms with Crippen LogP contribution in [0.4, 0.5) is 0 Å². The van der Waals surface area contributed by atoms with Crippen molar-refractivity contribution >= 4 is 31.9 Å². The fourth-order valence-electron chi connectivity index (χ4n) is 1.03. The van der Waals surface area contributed by atoms with E-state index in [0.29, 0.717) is 0 Å². The molecule has 1 aromatic carbocycles. The van der Waals surface area contributed by atoms with Crippen molar-refractivity contribution in [2.45, 2.75) is 17.7 Å². The molecule has 1 atom stereocenters. The lowest BCUT2D eigenvalue weighted by Gasteiger charge is -2.12. The number of halogens is 2. The fraction of sp³-hybridized carbons (Fsp3) is 0.300. The van der Waals surface area contributed by atoms with Crippen molar-refractivity contribution < 1.29 is 0 Å². The molecule has 13 heavy (non-hydrogen) atoms. The maximum Gasteiger partial charge on any atom is 0.113 e. The van der Waals surface area contributed by atoms with Gasteiger partial charge in [-0.1, -0.05) is 44.0 Å². The molecule has 0 aliphatic rings. The second-order valence-corrected chi connectivity index (χ2v) is 5.78. The normalized spacial score (nSPS) is 14.6. The Morgan fingerprint density at radius 3 is 2.38 bits per heavy atom. The molecule has 0 saturated carbocycles. The second kappa shape index (κ2) is 4.26. The third-order valence-corrected chi connectivity index (χ3v) is 2.67. The molecule has 0 bridgehead atoms. The average Bonchev–Trinajstić information content (AvgIpc) is 2.09. The van der Waals surface area contributed by atoms with E-state index in [4.69, 9.17) is 5.26 Å². The van der Waals surface area contributed by atoms with Gasteiger partial charge in [0.15, 0.2) is 0 Å². The summed E-state index contributed by atoms with van der Waals surface area (Å²) in [5.74, 6) is 0. The third kappa shape index (κ3) is 3.50. The Balaban J connectivity index is 2.77. The van der Waals surface area contributed by atoms with Gasteiger partial charge in [0.1, 0.15) is 4.32 Å². The second-order valence-electron chi connectivity index (χ2n) is 3.11. The van der Waals surface area contributed by atoms with Crippen LogP contribution >= 0.6 is 31.9 Å². The molecule has 0 spiro atoms. The van der Waals surface area contributed by atoms with E-state index in [2.05, 4.69) is 37.9 Å². The molecule has 1 unspecified atom stereocenters. The Bertz CT molecular complexity index is 322. The van der Waals surface area contributed by atoms with Gasteiger partial charge in [0, 0.05) is 10.9 Å². The maximum absolute atomic E-state index is 8.80. The lowest BCUT2D eigenvalue weighted by atomic mass is 10.0. The summed E-state index contributed by atoms with van der Waals surface area (Å²) in [5.41, 5.74) is 1.16. The molecule has 0 fully saturated rings. The summed E-state index contributed by atoms with van der Waals surface area (Å²) in [4.78, 5) is 0. The monoisotopic (exact) mass is 301 g/mol. The highest BCUT2D eigenvalue weighted by molar-refractivity contribution is 9.10. The van der Waals surface area contributed by atoms with Gasteiger partial charge in [0.2, 0.25) is 0 Å². The standard InChI is InChI=1S/C10H9Br2N/c1-10(12,7-13)6-8-2-4-9(11)5-3-8/h2-5H,6H2,1H3. The molecule has 0 aromatic heterocycles. The van der Waals surface area contributed by atoms with Crippen LogP contribution in [0, 0.1) is 11.3 Å². The van der Waals surface area contributed by atoms with Gasteiger partial charge in [-0.25, -0.2) is 0 Å². The van der Waals surface area contributed by atoms with Gasteiger partial charge >= 0.3 is 0 Å². The molecule has 0 aliphatic carbocycles. The van der Waals surface area contributed by atoms with Crippen LogP contribution in [-0.4, -0.2) is 4.32 Å². The summed E-state index contributed by atoms with van der Waals surface area (Å²) in [6.07, 6.45) is 0.719. The molecule has 1 nitrogen and oxygen atoms in total. The Kier molecular flexibility index (Phi) is 3.52. The molecule has 68 valence electrons. The van der Waals surface area contributed by atoms with E-state index in [1.165, 1.54) is 0 Å². The first-order valence-corrected chi connectivity index (χ1v) is 5.47. The molecule has 0 amide bonds. The largest absolute Gasteiger partial charge is 0.197 e. The van der Waals surface area contributed by atoms with Crippen molar-refractivity contribution in [2.75, 3.05) is 0 Å². The number of rotatable bonds is 2. The highest BCUT2D eigenvalue weighted by atomic mass is 79.9. The van der Waals surface area contributed by atoms with E-state index in [1.54, 1.807) is 0 Å². The van der Waals surface area contributed by atoms with Crippen molar-refractivity contribution in [3.63, 3.8) is 0 Å². The lowest BCUT2D eigenvalue weighted by molar-refractivity contribution is 0.813. The lowest BCUT2D eigenvalue weighted by Crippen LogP contribution is -2.15. The van der Waals surface area contributed by atoms with Crippen LogP contribution in [0.3, 0.4) is 0 Å². The van der Waals surface area contributed by atoms with Gasteiger partial charge in [0.25, 0.3) is 0 Å². The van der Waals surface area contributed by atoms with Crippen molar-refractivity contribution in [2.24, 2.45) is 0 Å². The van der Waals surface area contributed by atoms with E-state index in [0.717, 1.165) is 16.5 Å². The van der Waals surface area contributed by atoms with Crippen molar-refractivity contribution in [1.82, 2.24) is 0 Å². The quantitative estimate of drug-likeness (QED) is 0.765. The minimum Gasteiger partial charge on any atom is -0.197 e. The molecule has 1 rings (SSSR count). The summed E-state index contributed by atoms with van der Waals surface area (Å²) < 4.78 is 0.602. The summed E-state index contributed by atoms with van der Waals surface area (Å²) in [5, 5.41) is 8.80. The Morgan fingerprint density at radius 2 is 1.92 bits per heavy atom. The molecule has 3 heteroatoms. The predicted octanol–water partition coefficient (Wildman–Crippen LogP) is 3.67. The van der Waals surface area contributed by atoms with Crippen LogP contribution in [0.2, 0.25) is 0 Å². The first-order chi connectivity index (χ1) is 6.03. The molecule has 0 radical (unpaired) electrons.